The van der Waals surface area contributed by atoms with Gasteiger partial charge in [0.05, 0.1) is 12.0 Å². The van der Waals surface area contributed by atoms with Gasteiger partial charge in [0.2, 0.25) is 0 Å². The average molecular weight is 323 g/mol. The SMILES string of the molecule is Br.Nc1nc[nH]c1-c1nc(-c2ccccc2)cs1. The number of halogens is 1. The summed E-state index contributed by atoms with van der Waals surface area (Å²) >= 11 is 1.55. The molecule has 0 saturated carbocycles. The molecule has 0 fully saturated rings. The standard InChI is InChI=1S/C12H10N4S.BrH/c13-11-10(14-7-15-11)12-16-9(6-17-12)8-4-2-1-3-5-8;/h1-7H,13H2,(H,14,15);1H. The molecule has 0 radical (unpaired) electrons. The zero-order valence-electron chi connectivity index (χ0n) is 9.33. The van der Waals surface area contributed by atoms with E-state index >= 15 is 0 Å². The summed E-state index contributed by atoms with van der Waals surface area (Å²) in [6.45, 7) is 0. The Bertz CT molecular complexity index is 632. The Morgan fingerprint density at radius 2 is 1.94 bits per heavy atom. The lowest BCUT2D eigenvalue weighted by molar-refractivity contribution is 1.30. The van der Waals surface area contributed by atoms with E-state index in [4.69, 9.17) is 5.73 Å². The minimum Gasteiger partial charge on any atom is -0.382 e. The van der Waals surface area contributed by atoms with Gasteiger partial charge in [-0.05, 0) is 0 Å². The van der Waals surface area contributed by atoms with Gasteiger partial charge in [0.15, 0.2) is 5.82 Å². The highest BCUT2D eigenvalue weighted by molar-refractivity contribution is 8.93. The molecule has 3 rings (SSSR count). The molecule has 0 saturated heterocycles. The number of thiazole rings is 1. The minimum absolute atomic E-state index is 0. The van der Waals surface area contributed by atoms with E-state index in [0.717, 1.165) is 22.0 Å². The number of hydrogen-bond donors (Lipinski definition) is 2. The van der Waals surface area contributed by atoms with Crippen LogP contribution >= 0.6 is 28.3 Å². The summed E-state index contributed by atoms with van der Waals surface area (Å²) in [4.78, 5) is 11.5. The van der Waals surface area contributed by atoms with Crippen molar-refractivity contribution in [3.8, 4) is 22.0 Å². The fourth-order valence-electron chi connectivity index (χ4n) is 1.61. The lowest BCUT2D eigenvalue weighted by atomic mass is 10.2. The third kappa shape index (κ3) is 2.30. The molecular weight excluding hydrogens is 312 g/mol. The van der Waals surface area contributed by atoms with Gasteiger partial charge in [-0.2, -0.15) is 0 Å². The lowest BCUT2D eigenvalue weighted by Gasteiger charge is -1.94. The second-order valence-corrected chi connectivity index (χ2v) is 4.42. The molecule has 0 bridgehead atoms. The lowest BCUT2D eigenvalue weighted by Crippen LogP contribution is -1.88. The summed E-state index contributed by atoms with van der Waals surface area (Å²) < 4.78 is 0. The average Bonchev–Trinajstić information content (AvgIpc) is 2.98. The van der Waals surface area contributed by atoms with Crippen molar-refractivity contribution >= 4 is 34.1 Å². The van der Waals surface area contributed by atoms with Crippen LogP contribution < -0.4 is 5.73 Å². The van der Waals surface area contributed by atoms with Gasteiger partial charge in [-0.25, -0.2) is 9.97 Å². The maximum atomic E-state index is 5.74. The number of aromatic nitrogens is 3. The van der Waals surface area contributed by atoms with Crippen LogP contribution in [0.3, 0.4) is 0 Å². The molecule has 0 aliphatic rings. The summed E-state index contributed by atoms with van der Waals surface area (Å²) in [5, 5.41) is 2.88. The predicted octanol–water partition coefficient (Wildman–Crippen LogP) is 3.36. The number of rotatable bonds is 2. The van der Waals surface area contributed by atoms with Crippen molar-refractivity contribution in [2.45, 2.75) is 0 Å². The van der Waals surface area contributed by atoms with E-state index in [1.807, 2.05) is 35.7 Å². The maximum absolute atomic E-state index is 5.74. The first-order valence-electron chi connectivity index (χ1n) is 5.15. The Labute approximate surface area is 119 Å². The maximum Gasteiger partial charge on any atom is 0.152 e. The molecule has 0 aliphatic carbocycles. The fraction of sp³-hybridized carbons (Fsp3) is 0. The van der Waals surface area contributed by atoms with Gasteiger partial charge in [0, 0.05) is 10.9 Å². The van der Waals surface area contributed by atoms with E-state index in [1.54, 1.807) is 17.7 Å². The molecule has 0 aliphatic heterocycles. The van der Waals surface area contributed by atoms with Crippen molar-refractivity contribution in [1.82, 2.24) is 15.0 Å². The van der Waals surface area contributed by atoms with Crippen molar-refractivity contribution in [3.05, 3.63) is 42.0 Å². The Kier molecular flexibility index (Phi) is 3.78. The highest BCUT2D eigenvalue weighted by atomic mass is 79.9. The van der Waals surface area contributed by atoms with Crippen LogP contribution in [-0.2, 0) is 0 Å². The topological polar surface area (TPSA) is 67.6 Å². The van der Waals surface area contributed by atoms with E-state index in [-0.39, 0.29) is 17.0 Å². The quantitative estimate of drug-likeness (QED) is 0.760. The molecule has 4 nitrogen and oxygen atoms in total. The number of nitrogens with two attached hydrogens (primary N) is 1. The molecule has 2 heterocycles. The number of H-pyrrole nitrogens is 1. The second-order valence-electron chi connectivity index (χ2n) is 3.57. The van der Waals surface area contributed by atoms with E-state index in [1.165, 1.54) is 0 Å². The molecule has 3 aromatic rings. The van der Waals surface area contributed by atoms with E-state index in [2.05, 4.69) is 15.0 Å². The van der Waals surface area contributed by atoms with Crippen molar-refractivity contribution in [1.29, 1.82) is 0 Å². The molecule has 6 heteroatoms. The number of anilines is 1. The van der Waals surface area contributed by atoms with Gasteiger partial charge in [-0.1, -0.05) is 30.3 Å². The Morgan fingerprint density at radius 3 is 2.61 bits per heavy atom. The molecule has 0 spiro atoms. The van der Waals surface area contributed by atoms with Crippen LogP contribution in [0, 0.1) is 0 Å². The molecular formula is C12H11BrN4S. The summed E-state index contributed by atoms with van der Waals surface area (Å²) in [5.74, 6) is 0.485. The molecule has 0 amide bonds. The number of nitrogen functional groups attached to an aromatic ring is 1. The number of aromatic amines is 1. The van der Waals surface area contributed by atoms with Crippen LogP contribution in [0.2, 0.25) is 0 Å². The largest absolute Gasteiger partial charge is 0.382 e. The molecule has 0 atom stereocenters. The number of hydrogen-bond acceptors (Lipinski definition) is 4. The molecule has 2 aromatic heterocycles. The normalized spacial score (nSPS) is 10.0. The number of nitrogens with zero attached hydrogens (tertiary/aromatic N) is 2. The van der Waals surface area contributed by atoms with Gasteiger partial charge in [0.25, 0.3) is 0 Å². The van der Waals surface area contributed by atoms with E-state index < -0.39 is 0 Å². The Hall–Kier alpha value is -1.66. The van der Waals surface area contributed by atoms with Crippen molar-refractivity contribution in [2.24, 2.45) is 0 Å². The Balaban J connectivity index is 0.00000120. The van der Waals surface area contributed by atoms with Crippen LogP contribution in [0.25, 0.3) is 22.0 Å². The van der Waals surface area contributed by atoms with Crippen molar-refractivity contribution in [3.63, 3.8) is 0 Å². The summed E-state index contributed by atoms with van der Waals surface area (Å²) in [7, 11) is 0. The van der Waals surface area contributed by atoms with Crippen molar-refractivity contribution < 1.29 is 0 Å². The highest BCUT2D eigenvalue weighted by Crippen LogP contribution is 2.29. The first kappa shape index (κ1) is 12.8. The molecule has 3 N–H and O–H groups in total. The zero-order valence-corrected chi connectivity index (χ0v) is 11.9. The number of benzene rings is 1. The minimum atomic E-state index is 0. The van der Waals surface area contributed by atoms with Gasteiger partial charge >= 0.3 is 0 Å². The molecule has 0 unspecified atom stereocenters. The zero-order chi connectivity index (χ0) is 11.7. The van der Waals surface area contributed by atoms with Gasteiger partial charge in [-0.3, -0.25) is 0 Å². The van der Waals surface area contributed by atoms with Crippen LogP contribution in [0.15, 0.2) is 42.0 Å². The third-order valence-electron chi connectivity index (χ3n) is 2.46. The second kappa shape index (κ2) is 5.32. The molecule has 18 heavy (non-hydrogen) atoms. The number of nitrogens with one attached hydrogen (secondary N) is 1. The summed E-state index contributed by atoms with van der Waals surface area (Å²) in [5.41, 5.74) is 8.60. The molecule has 92 valence electrons. The monoisotopic (exact) mass is 322 g/mol. The first-order chi connectivity index (χ1) is 8.34. The van der Waals surface area contributed by atoms with E-state index in [0.29, 0.717) is 5.82 Å². The molecule has 1 aromatic carbocycles. The van der Waals surface area contributed by atoms with E-state index in [9.17, 15) is 0 Å². The predicted molar refractivity (Wildman–Crippen MR) is 79.9 cm³/mol. The van der Waals surface area contributed by atoms with Crippen molar-refractivity contribution in [2.75, 3.05) is 5.73 Å². The summed E-state index contributed by atoms with van der Waals surface area (Å²) in [6.07, 6.45) is 1.58. The first-order valence-corrected chi connectivity index (χ1v) is 6.03. The number of imidazole rings is 1. The van der Waals surface area contributed by atoms with Crippen LogP contribution in [0.1, 0.15) is 0 Å². The van der Waals surface area contributed by atoms with Gasteiger partial charge < -0.3 is 10.7 Å². The van der Waals surface area contributed by atoms with Crippen LogP contribution in [-0.4, -0.2) is 15.0 Å². The van der Waals surface area contributed by atoms with Crippen LogP contribution in [0.5, 0.6) is 0 Å². The Morgan fingerprint density at radius 1 is 1.17 bits per heavy atom. The van der Waals surface area contributed by atoms with Gasteiger partial charge in [0.1, 0.15) is 10.7 Å². The fourth-order valence-corrected chi connectivity index (χ4v) is 2.45. The smallest absolute Gasteiger partial charge is 0.152 e. The highest BCUT2D eigenvalue weighted by Gasteiger charge is 2.10. The van der Waals surface area contributed by atoms with Crippen LogP contribution in [0.4, 0.5) is 5.82 Å². The van der Waals surface area contributed by atoms with Gasteiger partial charge in [-0.15, -0.1) is 28.3 Å². The third-order valence-corrected chi connectivity index (χ3v) is 3.32. The summed E-state index contributed by atoms with van der Waals surface area (Å²) in [6, 6.07) is 10.1.